The lowest BCUT2D eigenvalue weighted by Gasteiger charge is -2.33. The molecule has 0 radical (unpaired) electrons. The first-order chi connectivity index (χ1) is 11.5. The number of carbonyl (C=O) groups excluding carboxylic acids is 1. The molecule has 128 valence electrons. The maximum Gasteiger partial charge on any atom is 0.407 e. The summed E-state index contributed by atoms with van der Waals surface area (Å²) in [5.41, 5.74) is 3.31. The minimum atomic E-state index is -0.868. The number of benzene rings is 1. The van der Waals surface area contributed by atoms with Gasteiger partial charge in [0.2, 0.25) is 5.91 Å². The van der Waals surface area contributed by atoms with E-state index in [2.05, 4.69) is 0 Å². The molecule has 1 saturated carbocycles. The Bertz CT molecular complexity index is 702. The minimum absolute atomic E-state index is 0.111. The maximum atomic E-state index is 12.3. The second-order valence-corrected chi connectivity index (χ2v) is 7.49. The van der Waals surface area contributed by atoms with Crippen molar-refractivity contribution < 1.29 is 14.7 Å². The Morgan fingerprint density at radius 3 is 2.67 bits per heavy atom. The van der Waals surface area contributed by atoms with Gasteiger partial charge in [-0.2, -0.15) is 0 Å². The smallest absolute Gasteiger partial charge is 0.407 e. The molecular formula is C18H21ClN2O3. The first kappa shape index (κ1) is 15.8. The molecule has 6 heteroatoms. The number of halogens is 1. The lowest BCUT2D eigenvalue weighted by molar-refractivity contribution is -0.133. The van der Waals surface area contributed by atoms with Crippen LogP contribution in [-0.4, -0.2) is 40.0 Å². The highest BCUT2D eigenvalue weighted by molar-refractivity contribution is 6.30. The van der Waals surface area contributed by atoms with E-state index < -0.39 is 6.09 Å². The molecule has 2 aliphatic heterocycles. The van der Waals surface area contributed by atoms with Crippen molar-refractivity contribution in [2.24, 2.45) is 5.92 Å². The number of amides is 2. The van der Waals surface area contributed by atoms with Crippen molar-refractivity contribution in [3.8, 4) is 0 Å². The Labute approximate surface area is 146 Å². The van der Waals surface area contributed by atoms with Crippen molar-refractivity contribution in [1.82, 2.24) is 9.80 Å². The molecule has 0 unspecified atom stereocenters. The minimum Gasteiger partial charge on any atom is -0.465 e. The summed E-state index contributed by atoms with van der Waals surface area (Å²) < 4.78 is 0. The van der Waals surface area contributed by atoms with E-state index in [0.717, 1.165) is 49.8 Å². The van der Waals surface area contributed by atoms with Crippen LogP contribution in [0.25, 0.3) is 0 Å². The van der Waals surface area contributed by atoms with Gasteiger partial charge in [0.25, 0.3) is 0 Å². The number of carbonyl (C=O) groups is 2. The number of hydrogen-bond acceptors (Lipinski definition) is 2. The van der Waals surface area contributed by atoms with Gasteiger partial charge in [0, 0.05) is 30.6 Å². The quantitative estimate of drug-likeness (QED) is 0.890. The number of rotatable bonds is 2. The lowest BCUT2D eigenvalue weighted by Crippen LogP contribution is -2.38. The summed E-state index contributed by atoms with van der Waals surface area (Å²) >= 11 is 6.32. The average molecular weight is 349 g/mol. The summed E-state index contributed by atoms with van der Waals surface area (Å²) in [6.45, 7) is 1.89. The van der Waals surface area contributed by atoms with Crippen molar-refractivity contribution in [3.05, 3.63) is 33.8 Å². The lowest BCUT2D eigenvalue weighted by atomic mass is 9.89. The maximum absolute atomic E-state index is 12.3. The van der Waals surface area contributed by atoms with Gasteiger partial charge in [-0.25, -0.2) is 4.79 Å². The fourth-order valence-corrected chi connectivity index (χ4v) is 4.34. The van der Waals surface area contributed by atoms with Gasteiger partial charge >= 0.3 is 6.09 Å². The van der Waals surface area contributed by atoms with Gasteiger partial charge < -0.3 is 14.9 Å². The first-order valence-electron chi connectivity index (χ1n) is 8.64. The zero-order chi connectivity index (χ0) is 16.8. The largest absolute Gasteiger partial charge is 0.465 e. The van der Waals surface area contributed by atoms with Crippen LogP contribution in [0.1, 0.15) is 48.4 Å². The van der Waals surface area contributed by atoms with Crippen LogP contribution in [0.5, 0.6) is 0 Å². The molecule has 1 N–H and O–H groups in total. The highest BCUT2D eigenvalue weighted by atomic mass is 35.5. The number of likely N-dealkylation sites (tertiary alicyclic amines) is 1. The fraction of sp³-hybridized carbons (Fsp3) is 0.556. The van der Waals surface area contributed by atoms with Crippen molar-refractivity contribution in [2.75, 3.05) is 13.1 Å². The summed E-state index contributed by atoms with van der Waals surface area (Å²) in [5, 5.41) is 10.1. The van der Waals surface area contributed by atoms with E-state index in [1.54, 1.807) is 0 Å². The Balaban J connectivity index is 1.65. The molecule has 1 saturated heterocycles. The van der Waals surface area contributed by atoms with Gasteiger partial charge in [0.1, 0.15) is 0 Å². The second kappa shape index (κ2) is 5.96. The van der Waals surface area contributed by atoms with Gasteiger partial charge in [-0.15, -0.1) is 0 Å². The van der Waals surface area contributed by atoms with Crippen LogP contribution in [0.2, 0.25) is 5.02 Å². The van der Waals surface area contributed by atoms with E-state index in [0.29, 0.717) is 18.1 Å². The van der Waals surface area contributed by atoms with E-state index in [1.165, 1.54) is 10.5 Å². The molecule has 2 fully saturated rings. The van der Waals surface area contributed by atoms with E-state index in [1.807, 2.05) is 17.0 Å². The van der Waals surface area contributed by atoms with Gasteiger partial charge in [-0.3, -0.25) is 4.79 Å². The van der Waals surface area contributed by atoms with Gasteiger partial charge in [-0.1, -0.05) is 11.6 Å². The molecule has 0 bridgehead atoms. The molecule has 1 aromatic rings. The normalized spacial score (nSPS) is 23.3. The van der Waals surface area contributed by atoms with Crippen LogP contribution in [0.4, 0.5) is 4.79 Å². The molecule has 4 rings (SSSR count). The van der Waals surface area contributed by atoms with Crippen LogP contribution in [0.15, 0.2) is 12.1 Å². The standard InChI is InChI=1S/C18H21ClN2O3/c19-13-8-12-10-20(17(22)11-3-4-11)7-5-14(12)15(9-13)16-2-1-6-21(16)18(23)24/h8-9,11,16H,1-7,10H2,(H,23,24)/t16-/m0/s1. The predicted molar refractivity (Wildman–Crippen MR) is 90.0 cm³/mol. The highest BCUT2D eigenvalue weighted by Gasteiger charge is 2.37. The SMILES string of the molecule is O=C(C1CC1)N1CCc2c(cc(Cl)cc2[C@@H]2CCCN2C(=O)O)C1. The van der Waals surface area contributed by atoms with Crippen molar-refractivity contribution >= 4 is 23.6 Å². The van der Waals surface area contributed by atoms with Gasteiger partial charge in [0.15, 0.2) is 0 Å². The van der Waals surface area contributed by atoms with E-state index in [9.17, 15) is 14.7 Å². The van der Waals surface area contributed by atoms with Crippen LogP contribution >= 0.6 is 11.6 Å². The zero-order valence-electron chi connectivity index (χ0n) is 13.5. The third kappa shape index (κ3) is 2.75. The third-order valence-corrected chi connectivity index (χ3v) is 5.65. The molecule has 2 amide bonds. The van der Waals surface area contributed by atoms with Gasteiger partial charge in [0.05, 0.1) is 6.04 Å². The topological polar surface area (TPSA) is 60.9 Å². The summed E-state index contributed by atoms with van der Waals surface area (Å²) in [6, 6.07) is 3.75. The van der Waals surface area contributed by atoms with Crippen molar-refractivity contribution in [2.45, 2.75) is 44.7 Å². The monoisotopic (exact) mass is 348 g/mol. The Morgan fingerprint density at radius 1 is 1.17 bits per heavy atom. The van der Waals surface area contributed by atoms with Gasteiger partial charge in [-0.05, 0) is 60.9 Å². The molecule has 2 heterocycles. The molecule has 1 aromatic carbocycles. The highest BCUT2D eigenvalue weighted by Crippen LogP contribution is 2.39. The van der Waals surface area contributed by atoms with Crippen LogP contribution < -0.4 is 0 Å². The molecular weight excluding hydrogens is 328 g/mol. The molecule has 0 spiro atoms. The molecule has 3 aliphatic rings. The van der Waals surface area contributed by atoms with Crippen LogP contribution in [0, 0.1) is 5.92 Å². The van der Waals surface area contributed by atoms with E-state index in [-0.39, 0.29) is 17.9 Å². The average Bonchev–Trinajstić information content (AvgIpc) is 3.28. The number of fused-ring (bicyclic) bond motifs is 1. The van der Waals surface area contributed by atoms with Crippen LogP contribution in [-0.2, 0) is 17.8 Å². The fourth-order valence-electron chi connectivity index (χ4n) is 4.09. The summed E-state index contributed by atoms with van der Waals surface area (Å²) in [5.74, 6) is 0.484. The van der Waals surface area contributed by atoms with Crippen molar-refractivity contribution in [3.63, 3.8) is 0 Å². The van der Waals surface area contributed by atoms with Crippen molar-refractivity contribution in [1.29, 1.82) is 0 Å². The molecule has 1 aliphatic carbocycles. The number of nitrogens with zero attached hydrogens (tertiary/aromatic N) is 2. The zero-order valence-corrected chi connectivity index (χ0v) is 14.3. The summed E-state index contributed by atoms with van der Waals surface area (Å²) in [6.07, 6.45) is 3.66. The second-order valence-electron chi connectivity index (χ2n) is 7.05. The van der Waals surface area contributed by atoms with Crippen LogP contribution in [0.3, 0.4) is 0 Å². The van der Waals surface area contributed by atoms with E-state index in [4.69, 9.17) is 11.6 Å². The Morgan fingerprint density at radius 2 is 1.96 bits per heavy atom. The molecule has 1 atom stereocenters. The summed E-state index contributed by atoms with van der Waals surface area (Å²) in [4.78, 5) is 27.3. The third-order valence-electron chi connectivity index (χ3n) is 5.43. The predicted octanol–water partition coefficient (Wildman–Crippen LogP) is 3.45. The van der Waals surface area contributed by atoms with E-state index >= 15 is 0 Å². The first-order valence-corrected chi connectivity index (χ1v) is 9.02. The Hall–Kier alpha value is -1.75. The summed E-state index contributed by atoms with van der Waals surface area (Å²) in [7, 11) is 0. The number of hydrogen-bond donors (Lipinski definition) is 1. The molecule has 24 heavy (non-hydrogen) atoms. The Kier molecular flexibility index (Phi) is 3.91. The number of carboxylic acid groups (broad SMARTS) is 1. The molecule has 5 nitrogen and oxygen atoms in total. The molecule has 0 aromatic heterocycles.